The van der Waals surface area contributed by atoms with Crippen LogP contribution in [0.3, 0.4) is 0 Å². The molecular weight excluding hydrogens is 272 g/mol. The van der Waals surface area contributed by atoms with E-state index in [1.807, 2.05) is 60.7 Å². The summed E-state index contributed by atoms with van der Waals surface area (Å²) >= 11 is 0. The van der Waals surface area contributed by atoms with Gasteiger partial charge in [-0.25, -0.2) is 0 Å². The minimum Gasteiger partial charge on any atom is -0.323 e. The summed E-state index contributed by atoms with van der Waals surface area (Å²) in [5.41, 5.74) is 2.93. The van der Waals surface area contributed by atoms with Crippen molar-refractivity contribution in [3.05, 3.63) is 83.9 Å². The van der Waals surface area contributed by atoms with Gasteiger partial charge in [-0.2, -0.15) is 10.2 Å². The van der Waals surface area contributed by atoms with Gasteiger partial charge in [-0.3, -0.25) is 0 Å². The molecule has 3 rings (SSSR count). The first-order valence-corrected chi connectivity index (χ1v) is 6.95. The van der Waals surface area contributed by atoms with E-state index in [2.05, 4.69) is 22.3 Å². The summed E-state index contributed by atoms with van der Waals surface area (Å²) in [7, 11) is 0. The molecule has 0 heterocycles. The highest BCUT2D eigenvalue weighted by molar-refractivity contribution is 6.54. The molecule has 4 heteroatoms. The Balaban J connectivity index is 2.19. The zero-order chi connectivity index (χ0) is 15.4. The SMILES string of the molecule is N/N=C(\C(=N\N)c1cccc2ccccc12)c1ccccc1. The molecule has 0 aliphatic carbocycles. The Morgan fingerprint density at radius 1 is 0.636 bits per heavy atom. The summed E-state index contributed by atoms with van der Waals surface area (Å²) in [5, 5.41) is 10.1. The van der Waals surface area contributed by atoms with E-state index in [4.69, 9.17) is 11.7 Å². The Hall–Kier alpha value is -3.14. The fraction of sp³-hybridized carbons (Fsp3) is 0. The van der Waals surface area contributed by atoms with Gasteiger partial charge in [0.1, 0.15) is 11.4 Å². The Morgan fingerprint density at radius 2 is 1.27 bits per heavy atom. The average Bonchev–Trinajstić information content (AvgIpc) is 2.60. The lowest BCUT2D eigenvalue weighted by Gasteiger charge is -2.11. The van der Waals surface area contributed by atoms with Crippen LogP contribution in [0.4, 0.5) is 0 Å². The number of benzene rings is 3. The Morgan fingerprint density at radius 3 is 2.00 bits per heavy atom. The van der Waals surface area contributed by atoms with Crippen LogP contribution >= 0.6 is 0 Å². The molecule has 3 aromatic rings. The van der Waals surface area contributed by atoms with E-state index >= 15 is 0 Å². The molecule has 0 radical (unpaired) electrons. The van der Waals surface area contributed by atoms with E-state index in [9.17, 15) is 0 Å². The second-order valence-corrected chi connectivity index (χ2v) is 4.85. The standard InChI is InChI=1S/C18H16N4/c19-21-17(14-8-2-1-3-9-14)18(22-20)16-12-6-10-13-7-4-5-11-15(13)16/h1-12H,19-20H2/b21-17-,22-18+. The van der Waals surface area contributed by atoms with Crippen LogP contribution in [0.2, 0.25) is 0 Å². The van der Waals surface area contributed by atoms with Crippen LogP contribution < -0.4 is 11.7 Å². The fourth-order valence-corrected chi connectivity index (χ4v) is 2.56. The van der Waals surface area contributed by atoms with Crippen LogP contribution in [0.25, 0.3) is 10.8 Å². The predicted octanol–water partition coefficient (Wildman–Crippen LogP) is 2.87. The zero-order valence-corrected chi connectivity index (χ0v) is 12.0. The van der Waals surface area contributed by atoms with Gasteiger partial charge >= 0.3 is 0 Å². The number of rotatable bonds is 3. The van der Waals surface area contributed by atoms with Crippen LogP contribution in [0, 0.1) is 0 Å². The molecule has 0 atom stereocenters. The third kappa shape index (κ3) is 2.42. The maximum absolute atomic E-state index is 5.66. The number of nitrogens with zero attached hydrogens (tertiary/aromatic N) is 2. The Labute approximate surface area is 128 Å². The van der Waals surface area contributed by atoms with E-state index in [0.29, 0.717) is 11.4 Å². The monoisotopic (exact) mass is 288 g/mol. The average molecular weight is 288 g/mol. The molecule has 0 aliphatic heterocycles. The molecule has 0 saturated heterocycles. The quantitative estimate of drug-likeness (QED) is 0.441. The molecule has 0 unspecified atom stereocenters. The van der Waals surface area contributed by atoms with Gasteiger partial charge in [0, 0.05) is 11.1 Å². The molecule has 0 amide bonds. The minimum atomic E-state index is 0.569. The third-order valence-electron chi connectivity index (χ3n) is 3.57. The van der Waals surface area contributed by atoms with E-state index in [1.54, 1.807) is 0 Å². The smallest absolute Gasteiger partial charge is 0.119 e. The van der Waals surface area contributed by atoms with E-state index < -0.39 is 0 Å². The summed E-state index contributed by atoms with van der Waals surface area (Å²) in [5.74, 6) is 11.3. The van der Waals surface area contributed by atoms with Crippen LogP contribution in [0.5, 0.6) is 0 Å². The summed E-state index contributed by atoms with van der Waals surface area (Å²) in [6.07, 6.45) is 0. The summed E-state index contributed by atoms with van der Waals surface area (Å²) < 4.78 is 0. The van der Waals surface area contributed by atoms with E-state index in [1.165, 1.54) is 0 Å². The second kappa shape index (κ2) is 6.10. The molecule has 0 fully saturated rings. The lowest BCUT2D eigenvalue weighted by molar-refractivity contribution is 1.23. The van der Waals surface area contributed by atoms with Gasteiger partial charge in [0.2, 0.25) is 0 Å². The van der Waals surface area contributed by atoms with Gasteiger partial charge in [0.25, 0.3) is 0 Å². The fourth-order valence-electron chi connectivity index (χ4n) is 2.56. The maximum Gasteiger partial charge on any atom is 0.119 e. The maximum atomic E-state index is 5.66. The summed E-state index contributed by atoms with van der Waals surface area (Å²) in [6.45, 7) is 0. The van der Waals surface area contributed by atoms with Gasteiger partial charge in [0.15, 0.2) is 0 Å². The Kier molecular flexibility index (Phi) is 3.83. The molecular formula is C18H16N4. The number of hydrazone groups is 2. The van der Waals surface area contributed by atoms with Crippen LogP contribution in [0.1, 0.15) is 11.1 Å². The second-order valence-electron chi connectivity index (χ2n) is 4.85. The van der Waals surface area contributed by atoms with Crippen molar-refractivity contribution in [1.29, 1.82) is 0 Å². The van der Waals surface area contributed by atoms with Crippen molar-refractivity contribution in [3.63, 3.8) is 0 Å². The lowest BCUT2D eigenvalue weighted by Crippen LogP contribution is -2.21. The van der Waals surface area contributed by atoms with Gasteiger partial charge in [0.05, 0.1) is 0 Å². The van der Waals surface area contributed by atoms with Gasteiger partial charge in [-0.1, -0.05) is 72.8 Å². The number of fused-ring (bicyclic) bond motifs is 1. The minimum absolute atomic E-state index is 0.569. The normalized spacial score (nSPS) is 12.5. The first-order chi connectivity index (χ1) is 10.8. The van der Waals surface area contributed by atoms with Crippen LogP contribution in [-0.2, 0) is 0 Å². The molecule has 0 aromatic heterocycles. The van der Waals surface area contributed by atoms with Crippen molar-refractivity contribution in [2.75, 3.05) is 0 Å². The first-order valence-electron chi connectivity index (χ1n) is 6.95. The summed E-state index contributed by atoms with van der Waals surface area (Å²) in [4.78, 5) is 0. The molecule has 3 aromatic carbocycles. The van der Waals surface area contributed by atoms with Crippen LogP contribution in [-0.4, -0.2) is 11.4 Å². The molecule has 4 nitrogen and oxygen atoms in total. The molecule has 0 bridgehead atoms. The number of nitrogens with two attached hydrogens (primary N) is 2. The topological polar surface area (TPSA) is 76.8 Å². The van der Waals surface area contributed by atoms with Crippen molar-refractivity contribution >= 4 is 22.2 Å². The van der Waals surface area contributed by atoms with Crippen molar-refractivity contribution in [2.45, 2.75) is 0 Å². The predicted molar refractivity (Wildman–Crippen MR) is 91.8 cm³/mol. The largest absolute Gasteiger partial charge is 0.323 e. The first kappa shape index (κ1) is 13.8. The molecule has 108 valence electrons. The molecule has 0 saturated carbocycles. The third-order valence-corrected chi connectivity index (χ3v) is 3.57. The van der Waals surface area contributed by atoms with E-state index in [-0.39, 0.29) is 0 Å². The van der Waals surface area contributed by atoms with Crippen LogP contribution in [0.15, 0.2) is 83.0 Å². The van der Waals surface area contributed by atoms with E-state index in [0.717, 1.165) is 21.9 Å². The highest BCUT2D eigenvalue weighted by atomic mass is 15.2. The highest BCUT2D eigenvalue weighted by Crippen LogP contribution is 2.21. The van der Waals surface area contributed by atoms with Crippen molar-refractivity contribution in [1.82, 2.24) is 0 Å². The van der Waals surface area contributed by atoms with Gasteiger partial charge in [-0.15, -0.1) is 0 Å². The molecule has 22 heavy (non-hydrogen) atoms. The summed E-state index contributed by atoms with van der Waals surface area (Å²) in [6, 6.07) is 23.7. The van der Waals surface area contributed by atoms with Gasteiger partial charge in [-0.05, 0) is 10.8 Å². The molecule has 4 N–H and O–H groups in total. The van der Waals surface area contributed by atoms with Gasteiger partial charge < -0.3 is 11.7 Å². The van der Waals surface area contributed by atoms with Crippen molar-refractivity contribution < 1.29 is 0 Å². The Bertz CT molecular complexity index is 846. The molecule has 0 spiro atoms. The number of hydrogen-bond acceptors (Lipinski definition) is 4. The number of hydrogen-bond donors (Lipinski definition) is 2. The highest BCUT2D eigenvalue weighted by Gasteiger charge is 2.16. The molecule has 0 aliphatic rings. The van der Waals surface area contributed by atoms with Crippen molar-refractivity contribution in [2.24, 2.45) is 21.9 Å². The lowest BCUT2D eigenvalue weighted by atomic mass is 9.95. The van der Waals surface area contributed by atoms with Crippen molar-refractivity contribution in [3.8, 4) is 0 Å². The zero-order valence-electron chi connectivity index (χ0n) is 12.0.